The molecule has 0 aliphatic rings. The largest absolute Gasteiger partial charge is 0.383 e. The molecular weight excluding hydrogens is 302 g/mol. The Labute approximate surface area is 131 Å². The molecule has 3 aromatic rings. The van der Waals surface area contributed by atoms with Crippen molar-refractivity contribution in [2.75, 3.05) is 5.73 Å². The van der Waals surface area contributed by atoms with Gasteiger partial charge in [0, 0.05) is 18.0 Å². The second-order valence-corrected chi connectivity index (χ2v) is 6.45. The van der Waals surface area contributed by atoms with Crippen molar-refractivity contribution in [3.8, 4) is 0 Å². The summed E-state index contributed by atoms with van der Waals surface area (Å²) >= 11 is 3.19. The highest BCUT2D eigenvalue weighted by molar-refractivity contribution is 7.98. The SMILES string of the molecule is CCc1cc(CSc2nc(N)c3ccsc3n2)n(CC)n1. The van der Waals surface area contributed by atoms with E-state index in [2.05, 4.69) is 35.0 Å². The average molecular weight is 319 g/mol. The number of thiophene rings is 1. The summed E-state index contributed by atoms with van der Waals surface area (Å²) in [5, 5.41) is 8.22. The number of nitrogens with zero attached hydrogens (tertiary/aromatic N) is 4. The van der Waals surface area contributed by atoms with Crippen molar-refractivity contribution in [1.82, 2.24) is 19.7 Å². The summed E-state index contributed by atoms with van der Waals surface area (Å²) < 4.78 is 2.04. The summed E-state index contributed by atoms with van der Waals surface area (Å²) in [5.41, 5.74) is 8.30. The van der Waals surface area contributed by atoms with E-state index < -0.39 is 0 Å². The molecule has 5 nitrogen and oxygen atoms in total. The number of anilines is 1. The summed E-state index contributed by atoms with van der Waals surface area (Å²) in [7, 11) is 0. The second-order valence-electron chi connectivity index (χ2n) is 4.62. The number of aryl methyl sites for hydroxylation is 2. The van der Waals surface area contributed by atoms with Gasteiger partial charge in [-0.3, -0.25) is 4.68 Å². The molecule has 0 saturated heterocycles. The number of thioether (sulfide) groups is 1. The van der Waals surface area contributed by atoms with Crippen molar-refractivity contribution in [3.05, 3.63) is 28.9 Å². The van der Waals surface area contributed by atoms with Crippen molar-refractivity contribution < 1.29 is 0 Å². The minimum atomic E-state index is 0.557. The molecular formula is C14H17N5S2. The standard InChI is InChI=1S/C14H17N5S2/c1-3-9-7-10(19(4-2)18-9)8-21-14-16-12(15)11-5-6-20-13(11)17-14/h5-7H,3-4,8H2,1-2H3,(H2,15,16,17). The number of aromatic nitrogens is 4. The van der Waals surface area contributed by atoms with E-state index in [4.69, 9.17) is 5.73 Å². The quantitative estimate of drug-likeness (QED) is 0.577. The maximum absolute atomic E-state index is 5.98. The van der Waals surface area contributed by atoms with E-state index in [-0.39, 0.29) is 0 Å². The van der Waals surface area contributed by atoms with Crippen LogP contribution in [0.5, 0.6) is 0 Å². The smallest absolute Gasteiger partial charge is 0.191 e. The summed E-state index contributed by atoms with van der Waals surface area (Å²) in [6, 6.07) is 4.12. The van der Waals surface area contributed by atoms with Crippen molar-refractivity contribution >= 4 is 39.1 Å². The fourth-order valence-electron chi connectivity index (χ4n) is 2.14. The summed E-state index contributed by atoms with van der Waals surface area (Å²) in [5.74, 6) is 1.36. The lowest BCUT2D eigenvalue weighted by Crippen LogP contribution is -2.02. The third kappa shape index (κ3) is 2.89. The first kappa shape index (κ1) is 14.3. The molecule has 0 aliphatic carbocycles. The van der Waals surface area contributed by atoms with Crippen LogP contribution in [0.25, 0.3) is 10.2 Å². The fraction of sp³-hybridized carbons (Fsp3) is 0.357. The molecule has 7 heteroatoms. The number of rotatable bonds is 5. The lowest BCUT2D eigenvalue weighted by atomic mass is 10.3. The van der Waals surface area contributed by atoms with Gasteiger partial charge in [0.25, 0.3) is 0 Å². The van der Waals surface area contributed by atoms with Crippen LogP contribution in [-0.4, -0.2) is 19.7 Å². The van der Waals surface area contributed by atoms with E-state index >= 15 is 0 Å². The van der Waals surface area contributed by atoms with E-state index in [0.29, 0.717) is 5.82 Å². The Balaban J connectivity index is 1.81. The third-order valence-electron chi connectivity index (χ3n) is 3.26. The van der Waals surface area contributed by atoms with Crippen molar-refractivity contribution in [2.24, 2.45) is 0 Å². The molecule has 0 aliphatic heterocycles. The molecule has 21 heavy (non-hydrogen) atoms. The molecule has 0 spiro atoms. The minimum Gasteiger partial charge on any atom is -0.383 e. The van der Waals surface area contributed by atoms with Crippen LogP contribution in [0.4, 0.5) is 5.82 Å². The summed E-state index contributed by atoms with van der Waals surface area (Å²) in [6.45, 7) is 5.10. The normalized spacial score (nSPS) is 11.3. The van der Waals surface area contributed by atoms with Crippen LogP contribution < -0.4 is 5.73 Å². The predicted octanol–water partition coefficient (Wildman–Crippen LogP) is 3.34. The van der Waals surface area contributed by atoms with Gasteiger partial charge in [-0.25, -0.2) is 9.97 Å². The van der Waals surface area contributed by atoms with Gasteiger partial charge in [0.2, 0.25) is 0 Å². The maximum Gasteiger partial charge on any atom is 0.191 e. The van der Waals surface area contributed by atoms with Gasteiger partial charge in [-0.2, -0.15) is 5.10 Å². The second kappa shape index (κ2) is 6.03. The zero-order chi connectivity index (χ0) is 14.8. The van der Waals surface area contributed by atoms with Crippen LogP contribution in [0.15, 0.2) is 22.7 Å². The topological polar surface area (TPSA) is 69.6 Å². The highest BCUT2D eigenvalue weighted by Crippen LogP contribution is 2.27. The Hall–Kier alpha value is -1.60. The molecule has 3 aromatic heterocycles. The molecule has 0 bridgehead atoms. The number of fused-ring (bicyclic) bond motifs is 1. The Kier molecular flexibility index (Phi) is 4.12. The number of nitrogens with two attached hydrogens (primary N) is 1. The van der Waals surface area contributed by atoms with E-state index in [0.717, 1.165) is 39.8 Å². The first-order valence-corrected chi connectivity index (χ1v) is 8.77. The molecule has 0 atom stereocenters. The van der Waals surface area contributed by atoms with Gasteiger partial charge in [-0.15, -0.1) is 11.3 Å². The molecule has 0 aromatic carbocycles. The molecule has 0 radical (unpaired) electrons. The Morgan fingerprint density at radius 1 is 1.33 bits per heavy atom. The van der Waals surface area contributed by atoms with Gasteiger partial charge in [0.1, 0.15) is 10.6 Å². The number of nitrogen functional groups attached to an aromatic ring is 1. The lowest BCUT2D eigenvalue weighted by Gasteiger charge is -2.04. The van der Waals surface area contributed by atoms with Crippen LogP contribution in [0, 0.1) is 0 Å². The first-order valence-electron chi connectivity index (χ1n) is 6.90. The van der Waals surface area contributed by atoms with Gasteiger partial charge in [0.15, 0.2) is 5.16 Å². The van der Waals surface area contributed by atoms with Gasteiger partial charge in [0.05, 0.1) is 11.1 Å². The lowest BCUT2D eigenvalue weighted by molar-refractivity contribution is 0.628. The molecule has 0 unspecified atom stereocenters. The van der Waals surface area contributed by atoms with E-state index in [1.54, 1.807) is 23.1 Å². The number of hydrogen-bond donors (Lipinski definition) is 1. The van der Waals surface area contributed by atoms with Crippen LogP contribution in [0.2, 0.25) is 0 Å². The van der Waals surface area contributed by atoms with Crippen molar-refractivity contribution in [1.29, 1.82) is 0 Å². The molecule has 3 heterocycles. The molecule has 0 fully saturated rings. The molecule has 110 valence electrons. The molecule has 2 N–H and O–H groups in total. The molecule has 3 rings (SSSR count). The molecule has 0 saturated carbocycles. The van der Waals surface area contributed by atoms with E-state index in [1.807, 2.05) is 16.1 Å². The van der Waals surface area contributed by atoms with E-state index in [9.17, 15) is 0 Å². The van der Waals surface area contributed by atoms with Gasteiger partial charge < -0.3 is 5.73 Å². The highest BCUT2D eigenvalue weighted by atomic mass is 32.2. The summed E-state index contributed by atoms with van der Waals surface area (Å²) in [6.07, 6.45) is 0.954. The van der Waals surface area contributed by atoms with Crippen LogP contribution in [-0.2, 0) is 18.7 Å². The van der Waals surface area contributed by atoms with E-state index in [1.165, 1.54) is 5.69 Å². The van der Waals surface area contributed by atoms with Gasteiger partial charge in [-0.05, 0) is 30.9 Å². The van der Waals surface area contributed by atoms with Crippen LogP contribution >= 0.6 is 23.1 Å². The third-order valence-corrected chi connectivity index (χ3v) is 4.95. The molecule has 0 amide bonds. The summed E-state index contributed by atoms with van der Waals surface area (Å²) in [4.78, 5) is 9.88. The van der Waals surface area contributed by atoms with Gasteiger partial charge in [-0.1, -0.05) is 18.7 Å². The average Bonchev–Trinajstić information content (AvgIpc) is 3.11. The number of hydrogen-bond acceptors (Lipinski definition) is 6. The predicted molar refractivity (Wildman–Crippen MR) is 88.7 cm³/mol. The monoisotopic (exact) mass is 319 g/mol. The van der Waals surface area contributed by atoms with Crippen LogP contribution in [0.3, 0.4) is 0 Å². The van der Waals surface area contributed by atoms with Gasteiger partial charge >= 0.3 is 0 Å². The Bertz CT molecular complexity index is 762. The maximum atomic E-state index is 5.98. The fourth-order valence-corrected chi connectivity index (χ4v) is 3.80. The zero-order valence-corrected chi connectivity index (χ0v) is 13.7. The Morgan fingerprint density at radius 3 is 2.95 bits per heavy atom. The first-order chi connectivity index (χ1) is 10.2. The zero-order valence-electron chi connectivity index (χ0n) is 12.0. The highest BCUT2D eigenvalue weighted by Gasteiger charge is 2.10. The minimum absolute atomic E-state index is 0.557. The van der Waals surface area contributed by atoms with Crippen LogP contribution in [0.1, 0.15) is 25.2 Å². The van der Waals surface area contributed by atoms with Crippen molar-refractivity contribution in [2.45, 2.75) is 37.7 Å². The Morgan fingerprint density at radius 2 is 2.19 bits per heavy atom. The van der Waals surface area contributed by atoms with Crippen molar-refractivity contribution in [3.63, 3.8) is 0 Å².